The zero-order valence-electron chi connectivity index (χ0n) is 12.8. The standard InChI is InChI=1S/C17H17ClN2O4/c18-12-2-4-13(5-3-12)20-17(22)19-8-7-14(21)11-1-6-15-16(9-11)24-10-23-15/h1-6,9,14,21H,7-8,10H2,(H2,19,20,22). The minimum atomic E-state index is -0.699. The Morgan fingerprint density at radius 3 is 2.71 bits per heavy atom. The van der Waals surface area contributed by atoms with Crippen LogP contribution in [0.25, 0.3) is 0 Å². The second-order valence-electron chi connectivity index (χ2n) is 5.30. The Morgan fingerprint density at radius 1 is 1.17 bits per heavy atom. The van der Waals surface area contributed by atoms with E-state index in [-0.39, 0.29) is 12.8 Å². The van der Waals surface area contributed by atoms with E-state index in [1.165, 1.54) is 0 Å². The van der Waals surface area contributed by atoms with Crippen molar-refractivity contribution < 1.29 is 19.4 Å². The number of ether oxygens (including phenoxy) is 2. The number of halogens is 1. The summed E-state index contributed by atoms with van der Waals surface area (Å²) in [4.78, 5) is 11.8. The lowest BCUT2D eigenvalue weighted by Gasteiger charge is -2.13. The number of fused-ring (bicyclic) bond motifs is 1. The minimum absolute atomic E-state index is 0.196. The highest BCUT2D eigenvalue weighted by Crippen LogP contribution is 2.34. The number of carbonyl (C=O) groups is 1. The number of urea groups is 1. The molecule has 0 fully saturated rings. The van der Waals surface area contributed by atoms with Gasteiger partial charge in [-0.1, -0.05) is 17.7 Å². The van der Waals surface area contributed by atoms with Crippen molar-refractivity contribution in [2.75, 3.05) is 18.7 Å². The maximum atomic E-state index is 11.8. The Morgan fingerprint density at radius 2 is 1.92 bits per heavy atom. The summed E-state index contributed by atoms with van der Waals surface area (Å²) >= 11 is 5.79. The fourth-order valence-electron chi connectivity index (χ4n) is 2.32. The third kappa shape index (κ3) is 4.10. The molecular weight excluding hydrogens is 332 g/mol. The molecule has 1 unspecified atom stereocenters. The van der Waals surface area contributed by atoms with Crippen LogP contribution in [-0.2, 0) is 0 Å². The van der Waals surface area contributed by atoms with Crippen LogP contribution in [0.15, 0.2) is 42.5 Å². The Labute approximate surface area is 144 Å². The lowest BCUT2D eigenvalue weighted by Crippen LogP contribution is -2.30. The van der Waals surface area contributed by atoms with Crippen LogP contribution in [0, 0.1) is 0 Å². The van der Waals surface area contributed by atoms with Crippen molar-refractivity contribution in [3.8, 4) is 11.5 Å². The fraction of sp³-hybridized carbons (Fsp3) is 0.235. The van der Waals surface area contributed by atoms with E-state index >= 15 is 0 Å². The zero-order valence-corrected chi connectivity index (χ0v) is 13.5. The molecule has 6 nitrogen and oxygen atoms in total. The molecule has 1 heterocycles. The Kier molecular flexibility index (Phi) is 5.08. The van der Waals surface area contributed by atoms with Gasteiger partial charge in [0.05, 0.1) is 6.10 Å². The van der Waals surface area contributed by atoms with E-state index in [1.807, 2.05) is 0 Å². The molecule has 0 radical (unpaired) electrons. The van der Waals surface area contributed by atoms with Gasteiger partial charge in [-0.15, -0.1) is 0 Å². The molecule has 0 saturated carbocycles. The molecule has 2 aromatic carbocycles. The van der Waals surface area contributed by atoms with Gasteiger partial charge in [-0.2, -0.15) is 0 Å². The summed E-state index contributed by atoms with van der Waals surface area (Å²) in [5, 5.41) is 16.2. The third-order valence-corrected chi connectivity index (χ3v) is 3.84. The molecule has 7 heteroatoms. The van der Waals surface area contributed by atoms with E-state index in [1.54, 1.807) is 42.5 Å². The van der Waals surface area contributed by atoms with E-state index in [2.05, 4.69) is 10.6 Å². The van der Waals surface area contributed by atoms with Crippen molar-refractivity contribution >= 4 is 23.3 Å². The average molecular weight is 349 g/mol. The highest BCUT2D eigenvalue weighted by Gasteiger charge is 2.16. The molecule has 1 aliphatic heterocycles. The molecule has 3 N–H and O–H groups in total. The number of carbonyl (C=O) groups excluding carboxylic acids is 1. The number of aliphatic hydroxyl groups excluding tert-OH is 1. The van der Waals surface area contributed by atoms with Crippen LogP contribution in [0.1, 0.15) is 18.1 Å². The first-order valence-corrected chi connectivity index (χ1v) is 7.87. The molecule has 1 atom stereocenters. The predicted molar refractivity (Wildman–Crippen MR) is 90.6 cm³/mol. The molecule has 0 spiro atoms. The summed E-state index contributed by atoms with van der Waals surface area (Å²) in [7, 11) is 0. The molecule has 2 amide bonds. The average Bonchev–Trinajstić information content (AvgIpc) is 3.04. The van der Waals surface area contributed by atoms with Crippen LogP contribution in [0.3, 0.4) is 0 Å². The minimum Gasteiger partial charge on any atom is -0.454 e. The first-order valence-electron chi connectivity index (χ1n) is 7.50. The first kappa shape index (κ1) is 16.4. The van der Waals surface area contributed by atoms with Crippen LogP contribution in [0.4, 0.5) is 10.5 Å². The highest BCUT2D eigenvalue weighted by molar-refractivity contribution is 6.30. The Balaban J connectivity index is 1.45. The Hall–Kier alpha value is -2.44. The van der Waals surface area contributed by atoms with Crippen LogP contribution in [-0.4, -0.2) is 24.5 Å². The number of aliphatic hydroxyl groups is 1. The first-order chi connectivity index (χ1) is 11.6. The highest BCUT2D eigenvalue weighted by atomic mass is 35.5. The summed E-state index contributed by atoms with van der Waals surface area (Å²) in [6.45, 7) is 0.524. The maximum Gasteiger partial charge on any atom is 0.319 e. The summed E-state index contributed by atoms with van der Waals surface area (Å²) in [6, 6.07) is 11.8. The van der Waals surface area contributed by atoms with Gasteiger partial charge in [0.1, 0.15) is 0 Å². The van der Waals surface area contributed by atoms with Crippen molar-refractivity contribution in [1.82, 2.24) is 5.32 Å². The van der Waals surface area contributed by atoms with Gasteiger partial charge in [0.2, 0.25) is 6.79 Å². The van der Waals surface area contributed by atoms with Crippen molar-refractivity contribution in [2.24, 2.45) is 0 Å². The van der Waals surface area contributed by atoms with E-state index < -0.39 is 6.10 Å². The van der Waals surface area contributed by atoms with Gasteiger partial charge in [-0.25, -0.2) is 4.79 Å². The number of nitrogens with one attached hydrogen (secondary N) is 2. The molecule has 0 aromatic heterocycles. The fourth-order valence-corrected chi connectivity index (χ4v) is 2.44. The van der Waals surface area contributed by atoms with E-state index in [0.717, 1.165) is 5.56 Å². The number of anilines is 1. The second kappa shape index (κ2) is 7.42. The molecule has 0 bridgehead atoms. The van der Waals surface area contributed by atoms with Gasteiger partial charge in [0.25, 0.3) is 0 Å². The molecule has 0 aliphatic carbocycles. The van der Waals surface area contributed by atoms with E-state index in [0.29, 0.717) is 35.2 Å². The van der Waals surface area contributed by atoms with Gasteiger partial charge in [-0.3, -0.25) is 0 Å². The van der Waals surface area contributed by atoms with Gasteiger partial charge < -0.3 is 25.2 Å². The number of rotatable bonds is 5. The summed E-state index contributed by atoms with van der Waals surface area (Å²) in [6.07, 6.45) is -0.316. The van der Waals surface area contributed by atoms with E-state index in [4.69, 9.17) is 21.1 Å². The third-order valence-electron chi connectivity index (χ3n) is 3.59. The number of amides is 2. The smallest absolute Gasteiger partial charge is 0.319 e. The summed E-state index contributed by atoms with van der Waals surface area (Å²) < 4.78 is 10.5. The zero-order chi connectivity index (χ0) is 16.9. The number of hydrogen-bond acceptors (Lipinski definition) is 4. The quantitative estimate of drug-likeness (QED) is 0.774. The van der Waals surface area contributed by atoms with Crippen LogP contribution >= 0.6 is 11.6 Å². The van der Waals surface area contributed by atoms with Gasteiger partial charge in [0.15, 0.2) is 11.5 Å². The summed E-state index contributed by atoms with van der Waals surface area (Å²) in [5.41, 5.74) is 1.37. The molecular formula is C17H17ClN2O4. The molecule has 1 aliphatic rings. The van der Waals surface area contributed by atoms with Crippen molar-refractivity contribution in [3.63, 3.8) is 0 Å². The lowest BCUT2D eigenvalue weighted by molar-refractivity contribution is 0.165. The second-order valence-corrected chi connectivity index (χ2v) is 5.74. The van der Waals surface area contributed by atoms with Crippen LogP contribution < -0.4 is 20.1 Å². The molecule has 126 valence electrons. The maximum absolute atomic E-state index is 11.8. The van der Waals surface area contributed by atoms with Crippen molar-refractivity contribution in [1.29, 1.82) is 0 Å². The molecule has 3 rings (SSSR count). The molecule has 0 saturated heterocycles. The molecule has 24 heavy (non-hydrogen) atoms. The predicted octanol–water partition coefficient (Wildman–Crippen LogP) is 3.31. The van der Waals surface area contributed by atoms with Gasteiger partial charge in [0, 0.05) is 17.3 Å². The van der Waals surface area contributed by atoms with E-state index in [9.17, 15) is 9.90 Å². The number of benzene rings is 2. The largest absolute Gasteiger partial charge is 0.454 e. The van der Waals surface area contributed by atoms with Gasteiger partial charge >= 0.3 is 6.03 Å². The lowest BCUT2D eigenvalue weighted by atomic mass is 10.1. The molecule has 2 aromatic rings. The normalized spacial score (nSPS) is 13.4. The van der Waals surface area contributed by atoms with Crippen molar-refractivity contribution in [2.45, 2.75) is 12.5 Å². The summed E-state index contributed by atoms with van der Waals surface area (Å²) in [5.74, 6) is 1.30. The van der Waals surface area contributed by atoms with Crippen LogP contribution in [0.5, 0.6) is 11.5 Å². The monoisotopic (exact) mass is 348 g/mol. The van der Waals surface area contributed by atoms with Crippen molar-refractivity contribution in [3.05, 3.63) is 53.1 Å². The van der Waals surface area contributed by atoms with Gasteiger partial charge in [-0.05, 0) is 48.4 Å². The SMILES string of the molecule is O=C(NCCC(O)c1ccc2c(c1)OCO2)Nc1ccc(Cl)cc1. The van der Waals surface area contributed by atoms with Crippen LogP contribution in [0.2, 0.25) is 5.02 Å². The topological polar surface area (TPSA) is 79.8 Å². The Bertz CT molecular complexity index is 721. The number of hydrogen-bond donors (Lipinski definition) is 3.